The number of hydrogen-bond donors (Lipinski definition) is 5. The van der Waals surface area contributed by atoms with Crippen molar-refractivity contribution >= 4 is 11.8 Å². The van der Waals surface area contributed by atoms with Gasteiger partial charge in [-0.25, -0.2) is 4.79 Å². The van der Waals surface area contributed by atoms with Gasteiger partial charge < -0.3 is 46.0 Å². The predicted molar refractivity (Wildman–Crippen MR) is 101 cm³/mol. The van der Waals surface area contributed by atoms with Gasteiger partial charge in [0.15, 0.2) is 11.9 Å². The summed E-state index contributed by atoms with van der Waals surface area (Å²) in [5.74, 6) is -5.66. The number of hydrogen-bond acceptors (Lipinski definition) is 9. The molecule has 3 aliphatic carbocycles. The molecule has 174 valence electrons. The predicted octanol–water partition coefficient (Wildman–Crippen LogP) is -3.48. The molecule has 9 N–H and O–H groups in total. The summed E-state index contributed by atoms with van der Waals surface area (Å²) in [6.45, 7) is 6.62. The fourth-order valence-corrected chi connectivity index (χ4v) is 7.19. The van der Waals surface area contributed by atoms with Crippen molar-refractivity contribution in [1.82, 2.24) is 0 Å². The Morgan fingerprint density at radius 2 is 1.71 bits per heavy atom. The van der Waals surface area contributed by atoms with E-state index < -0.39 is 70.2 Å². The van der Waals surface area contributed by atoms with E-state index in [-0.39, 0.29) is 29.6 Å². The number of carbonyl (C=O) groups excluding carboxylic acids is 2. The monoisotopic (exact) mass is 444 g/mol. The van der Waals surface area contributed by atoms with Gasteiger partial charge in [-0.1, -0.05) is 19.1 Å². The molecule has 10 atom stereocenters. The van der Waals surface area contributed by atoms with Crippen LogP contribution in [-0.4, -0.2) is 90.6 Å². The molecule has 1 spiro atoms. The fraction of sp³-hybridized carbons (Fsp3) is 0.700. The smallest absolute Gasteiger partial charge is 0.338 e. The van der Waals surface area contributed by atoms with Crippen LogP contribution in [0.25, 0.3) is 0 Å². The minimum atomic E-state index is -2.37. The molecule has 5 rings (SSSR count). The van der Waals surface area contributed by atoms with E-state index >= 15 is 0 Å². The molecule has 0 amide bonds. The van der Waals surface area contributed by atoms with Crippen LogP contribution in [0.4, 0.5) is 0 Å². The second-order valence-corrected chi connectivity index (χ2v) is 9.38. The van der Waals surface area contributed by atoms with Crippen LogP contribution in [0.1, 0.15) is 20.3 Å². The molecule has 0 aromatic heterocycles. The highest BCUT2D eigenvalue weighted by molar-refractivity contribution is 5.96. The normalized spacial score (nSPS) is 54.5. The van der Waals surface area contributed by atoms with Crippen LogP contribution < -0.4 is 0 Å². The third-order valence-electron chi connectivity index (χ3n) is 8.44. The Morgan fingerprint density at radius 3 is 2.32 bits per heavy atom. The Kier molecular flexibility index (Phi) is 4.96. The zero-order valence-electron chi connectivity index (χ0n) is 17.0. The van der Waals surface area contributed by atoms with Gasteiger partial charge in [0.25, 0.3) is 0 Å². The van der Waals surface area contributed by atoms with Crippen LogP contribution in [0.3, 0.4) is 0 Å². The van der Waals surface area contributed by atoms with Gasteiger partial charge in [0, 0.05) is 11.3 Å². The molecule has 2 saturated carbocycles. The first-order chi connectivity index (χ1) is 13.4. The van der Waals surface area contributed by atoms with Gasteiger partial charge in [-0.3, -0.25) is 4.79 Å². The molecule has 0 aromatic rings. The van der Waals surface area contributed by atoms with Crippen LogP contribution in [0, 0.1) is 22.7 Å². The second-order valence-electron chi connectivity index (χ2n) is 9.38. The maximum absolute atomic E-state index is 12.5. The lowest BCUT2D eigenvalue weighted by molar-refractivity contribution is -0.337. The maximum Gasteiger partial charge on any atom is 0.338 e. The largest absolute Gasteiger partial charge is 0.460 e. The lowest BCUT2D eigenvalue weighted by atomic mass is 9.37. The third kappa shape index (κ3) is 2.11. The van der Waals surface area contributed by atoms with Crippen molar-refractivity contribution in [2.45, 2.75) is 56.1 Å². The summed E-state index contributed by atoms with van der Waals surface area (Å²) in [4.78, 5) is 25.0. The minimum absolute atomic E-state index is 0. The lowest BCUT2D eigenvalue weighted by Crippen LogP contribution is -2.82. The van der Waals surface area contributed by atoms with Crippen LogP contribution in [0.15, 0.2) is 23.8 Å². The van der Waals surface area contributed by atoms with Crippen molar-refractivity contribution in [3.63, 3.8) is 0 Å². The van der Waals surface area contributed by atoms with Gasteiger partial charge in [-0.15, -0.1) is 0 Å². The number of ether oxygens (including phenoxy) is 2. The molecular weight excluding hydrogens is 416 g/mol. The number of rotatable bonds is 0. The molecule has 0 radical (unpaired) electrons. The molecule has 5 aliphatic rings. The molecule has 2 aliphatic heterocycles. The number of aliphatic hydroxyl groups excluding tert-OH is 3. The number of fused-ring (bicyclic) bond motifs is 1. The van der Waals surface area contributed by atoms with E-state index in [0.717, 1.165) is 0 Å². The molecule has 2 heterocycles. The van der Waals surface area contributed by atoms with Gasteiger partial charge in [0.2, 0.25) is 5.79 Å². The SMILES string of the molecule is C=C1[C@H](O)[C@@]2(O)OC[C@]34[C@H](C[C@@H]5C(C)=CC(=O)[C@H](O)[C@@]5(C)[C@H]23)OC(=O)[C@@H](O)[C@]14O.O.O. The zero-order chi connectivity index (χ0) is 21.3. The van der Waals surface area contributed by atoms with Crippen LogP contribution in [-0.2, 0) is 19.1 Å². The van der Waals surface area contributed by atoms with Gasteiger partial charge in [0.05, 0.1) is 12.0 Å². The van der Waals surface area contributed by atoms with Crippen molar-refractivity contribution in [3.8, 4) is 0 Å². The molecule has 0 unspecified atom stereocenters. The maximum atomic E-state index is 12.5. The number of allylic oxidation sites excluding steroid dienone is 1. The van der Waals surface area contributed by atoms with E-state index in [1.807, 2.05) is 0 Å². The summed E-state index contributed by atoms with van der Waals surface area (Å²) in [5, 5.41) is 55.7. The lowest BCUT2D eigenvalue weighted by Gasteiger charge is -2.69. The molecule has 4 fully saturated rings. The topological polar surface area (TPSA) is 217 Å². The molecule has 11 heteroatoms. The summed E-state index contributed by atoms with van der Waals surface area (Å²) in [7, 11) is 0. The Bertz CT molecular complexity index is 900. The number of aliphatic hydroxyl groups is 5. The Balaban J connectivity index is 0.00000136. The van der Waals surface area contributed by atoms with E-state index in [4.69, 9.17) is 9.47 Å². The van der Waals surface area contributed by atoms with E-state index in [9.17, 15) is 35.1 Å². The zero-order valence-corrected chi connectivity index (χ0v) is 17.0. The van der Waals surface area contributed by atoms with Crippen molar-refractivity contribution in [3.05, 3.63) is 23.8 Å². The first kappa shape index (κ1) is 24.0. The first-order valence-electron chi connectivity index (χ1n) is 9.63. The van der Waals surface area contributed by atoms with Gasteiger partial charge in [-0.2, -0.15) is 0 Å². The Hall–Kier alpha value is -1.70. The highest BCUT2D eigenvalue weighted by atomic mass is 16.7. The van der Waals surface area contributed by atoms with Gasteiger partial charge in [0.1, 0.15) is 23.9 Å². The van der Waals surface area contributed by atoms with Gasteiger partial charge >= 0.3 is 5.97 Å². The molecule has 31 heavy (non-hydrogen) atoms. The van der Waals surface area contributed by atoms with Crippen LogP contribution >= 0.6 is 0 Å². The summed E-state index contributed by atoms with van der Waals surface area (Å²) < 4.78 is 11.1. The van der Waals surface area contributed by atoms with E-state index in [2.05, 4.69) is 6.58 Å². The summed E-state index contributed by atoms with van der Waals surface area (Å²) in [5.41, 5.74) is -5.06. The summed E-state index contributed by atoms with van der Waals surface area (Å²) in [6.07, 6.45) is -5.01. The van der Waals surface area contributed by atoms with Crippen molar-refractivity contribution in [2.24, 2.45) is 22.7 Å². The first-order valence-corrected chi connectivity index (χ1v) is 9.63. The standard InChI is InChI=1S/C20H24O9.2H2O/c1-7-4-10(21)13(23)17(3)9(7)5-11-18-6-28-20(27,16(17)18)12(22)8(2)19(18,26)14(24)15(25)29-11;;/h4,9,11-14,16,22-24,26-27H,2,5-6H2,1,3H3;2*1H2/t9-,11+,12+,13+,14-,16+,17+,18+,19-,20-;;/m1../s1. The molecular formula is C20H28O11. The number of ketones is 1. The number of esters is 1. The minimum Gasteiger partial charge on any atom is -0.460 e. The van der Waals surface area contributed by atoms with Crippen LogP contribution in [0.2, 0.25) is 0 Å². The highest BCUT2D eigenvalue weighted by Gasteiger charge is 2.87. The van der Waals surface area contributed by atoms with Crippen molar-refractivity contribution in [2.75, 3.05) is 6.61 Å². The van der Waals surface area contributed by atoms with E-state index in [0.29, 0.717) is 5.57 Å². The third-order valence-corrected chi connectivity index (χ3v) is 8.44. The summed E-state index contributed by atoms with van der Waals surface area (Å²) in [6, 6.07) is 0. The average molecular weight is 444 g/mol. The van der Waals surface area contributed by atoms with Crippen LogP contribution in [0.5, 0.6) is 0 Å². The van der Waals surface area contributed by atoms with Crippen molar-refractivity contribution in [1.29, 1.82) is 0 Å². The Morgan fingerprint density at radius 1 is 1.10 bits per heavy atom. The Labute approximate surface area is 177 Å². The molecule has 2 saturated heterocycles. The molecule has 0 aromatic carbocycles. The average Bonchev–Trinajstić information content (AvgIpc) is 2.98. The fourth-order valence-electron chi connectivity index (χ4n) is 7.19. The summed E-state index contributed by atoms with van der Waals surface area (Å²) >= 11 is 0. The number of carbonyl (C=O) groups is 2. The second kappa shape index (κ2) is 6.42. The van der Waals surface area contributed by atoms with E-state index in [1.54, 1.807) is 13.8 Å². The molecule has 11 nitrogen and oxygen atoms in total. The van der Waals surface area contributed by atoms with Gasteiger partial charge in [-0.05, 0) is 30.9 Å². The van der Waals surface area contributed by atoms with E-state index in [1.165, 1.54) is 6.08 Å². The molecule has 2 bridgehead atoms. The van der Waals surface area contributed by atoms with Crippen molar-refractivity contribution < 1.29 is 55.5 Å². The highest BCUT2D eigenvalue weighted by Crippen LogP contribution is 2.74. The quantitative estimate of drug-likeness (QED) is 0.185.